The van der Waals surface area contributed by atoms with Crippen molar-refractivity contribution in [2.75, 3.05) is 24.7 Å². The maximum absolute atomic E-state index is 14.2. The maximum Gasteiger partial charge on any atom is 0.312 e. The van der Waals surface area contributed by atoms with E-state index in [-0.39, 0.29) is 25.7 Å². The van der Waals surface area contributed by atoms with Crippen molar-refractivity contribution in [1.82, 2.24) is 4.90 Å². The number of esters is 1. The van der Waals surface area contributed by atoms with Crippen LogP contribution in [-0.2, 0) is 23.9 Å². The Morgan fingerprint density at radius 3 is 2.76 bits per heavy atom. The number of rotatable bonds is 9. The van der Waals surface area contributed by atoms with Gasteiger partial charge in [0.1, 0.15) is 18.2 Å². The van der Waals surface area contributed by atoms with Gasteiger partial charge >= 0.3 is 5.97 Å². The molecular weight excluding hydrogens is 460 g/mol. The minimum atomic E-state index is -1.19. The highest BCUT2D eigenvalue weighted by molar-refractivity contribution is 6.34. The van der Waals surface area contributed by atoms with Gasteiger partial charge in [0.15, 0.2) is 0 Å². The number of fused-ring (bicyclic) bond motifs is 1. The highest BCUT2D eigenvalue weighted by atomic mass is 35.5. The van der Waals surface area contributed by atoms with E-state index in [1.54, 1.807) is 37.3 Å². The van der Waals surface area contributed by atoms with Crippen molar-refractivity contribution < 1.29 is 29.0 Å². The number of carbonyl (C=O) groups is 3. The number of hydrogen-bond acceptors (Lipinski definition) is 6. The average molecular weight is 489 g/mol. The van der Waals surface area contributed by atoms with Crippen molar-refractivity contribution in [3.05, 3.63) is 54.6 Å². The summed E-state index contributed by atoms with van der Waals surface area (Å²) >= 11 is 6.41. The van der Waals surface area contributed by atoms with Gasteiger partial charge in [-0.3, -0.25) is 14.4 Å². The number of para-hydroxylation sites is 1. The first-order chi connectivity index (χ1) is 16.3. The molecule has 0 aromatic heterocycles. The molecule has 2 unspecified atom stereocenters. The van der Waals surface area contributed by atoms with Crippen LogP contribution in [0.3, 0.4) is 0 Å². The Balaban J connectivity index is 1.79. The zero-order valence-electron chi connectivity index (χ0n) is 19.1. The second-order valence-corrected chi connectivity index (χ2v) is 9.35. The number of benzene rings is 1. The minimum Gasteiger partial charge on any atom is -0.461 e. The molecule has 9 heteroatoms. The fourth-order valence-corrected chi connectivity index (χ4v) is 5.93. The number of halogens is 1. The molecule has 8 nitrogen and oxygen atoms in total. The molecule has 1 spiro atoms. The van der Waals surface area contributed by atoms with Crippen LogP contribution in [0.4, 0.5) is 5.69 Å². The normalized spacial score (nSPS) is 30.1. The number of ether oxygens (including phenoxy) is 2. The van der Waals surface area contributed by atoms with Crippen molar-refractivity contribution in [3.8, 4) is 0 Å². The largest absolute Gasteiger partial charge is 0.461 e. The van der Waals surface area contributed by atoms with Gasteiger partial charge in [0, 0.05) is 6.54 Å². The Morgan fingerprint density at radius 2 is 2.12 bits per heavy atom. The number of nitrogens with zero attached hydrogens (tertiary/aromatic N) is 2. The number of carbonyl (C=O) groups excluding carboxylic acids is 3. The summed E-state index contributed by atoms with van der Waals surface area (Å²) in [7, 11) is 0. The summed E-state index contributed by atoms with van der Waals surface area (Å²) in [6.45, 7) is 8.83. The lowest BCUT2D eigenvalue weighted by molar-refractivity contribution is -0.154. The van der Waals surface area contributed by atoms with Crippen molar-refractivity contribution >= 4 is 35.1 Å². The van der Waals surface area contributed by atoms with E-state index in [2.05, 4.69) is 13.2 Å². The second-order valence-electron chi connectivity index (χ2n) is 8.94. The van der Waals surface area contributed by atoms with Crippen LogP contribution in [0.25, 0.3) is 0 Å². The van der Waals surface area contributed by atoms with E-state index in [9.17, 15) is 19.5 Å². The molecule has 1 aromatic rings. The molecule has 6 atom stereocenters. The van der Waals surface area contributed by atoms with Crippen molar-refractivity contribution in [2.24, 2.45) is 11.8 Å². The molecule has 0 aliphatic carbocycles. The molecule has 3 aliphatic rings. The van der Waals surface area contributed by atoms with E-state index < -0.39 is 47.5 Å². The summed E-state index contributed by atoms with van der Waals surface area (Å²) in [6, 6.07) is 5.23. The molecule has 4 rings (SSSR count). The molecule has 3 saturated heterocycles. The molecule has 2 amide bonds. The van der Waals surface area contributed by atoms with Crippen LogP contribution in [0, 0.1) is 11.8 Å². The lowest BCUT2D eigenvalue weighted by Gasteiger charge is -2.38. The van der Waals surface area contributed by atoms with Crippen LogP contribution in [0.1, 0.15) is 19.8 Å². The van der Waals surface area contributed by atoms with Gasteiger partial charge in [-0.1, -0.05) is 42.5 Å². The minimum absolute atomic E-state index is 0.0225. The first kappa shape index (κ1) is 24.4. The zero-order chi connectivity index (χ0) is 24.6. The fraction of sp³-hybridized carbons (Fsp3) is 0.480. The van der Waals surface area contributed by atoms with Crippen LogP contribution in [0.15, 0.2) is 49.6 Å². The van der Waals surface area contributed by atoms with E-state index in [0.29, 0.717) is 23.6 Å². The van der Waals surface area contributed by atoms with Gasteiger partial charge in [-0.05, 0) is 31.9 Å². The Bertz CT molecular complexity index is 1010. The number of likely N-dealkylation sites (tertiary alicyclic amines) is 1. The Hall–Kier alpha value is -2.68. The molecule has 3 fully saturated rings. The van der Waals surface area contributed by atoms with Gasteiger partial charge < -0.3 is 24.4 Å². The molecule has 3 aliphatic heterocycles. The number of hydrogen-bond donors (Lipinski definition) is 1. The van der Waals surface area contributed by atoms with Gasteiger partial charge in [-0.25, -0.2) is 0 Å². The summed E-state index contributed by atoms with van der Waals surface area (Å²) < 4.78 is 11.6. The van der Waals surface area contributed by atoms with E-state index in [1.807, 2.05) is 0 Å². The molecule has 0 saturated carbocycles. The van der Waals surface area contributed by atoms with Crippen molar-refractivity contribution in [2.45, 2.75) is 43.6 Å². The predicted molar refractivity (Wildman–Crippen MR) is 126 cm³/mol. The smallest absolute Gasteiger partial charge is 0.312 e. The topological polar surface area (TPSA) is 96.4 Å². The maximum atomic E-state index is 14.2. The summed E-state index contributed by atoms with van der Waals surface area (Å²) in [5.41, 5.74) is -0.715. The van der Waals surface area contributed by atoms with Crippen molar-refractivity contribution in [1.29, 1.82) is 0 Å². The summed E-state index contributed by atoms with van der Waals surface area (Å²) in [4.78, 5) is 43.7. The van der Waals surface area contributed by atoms with E-state index in [0.717, 1.165) is 0 Å². The molecule has 1 aromatic carbocycles. The SMILES string of the molecule is C=CCOC(=O)[C@@H]1[C@@H]2CCC3(O2)C(C(=O)N(CC=C)c2ccccc2Cl)N([C@H](C)CO)C(=O)[C@H]13. The third-order valence-electron chi connectivity index (χ3n) is 7.05. The van der Waals surface area contributed by atoms with Crippen LogP contribution in [0.2, 0.25) is 5.02 Å². The van der Waals surface area contributed by atoms with Gasteiger partial charge in [-0.2, -0.15) is 0 Å². The lowest BCUT2D eigenvalue weighted by atomic mass is 9.70. The third-order valence-corrected chi connectivity index (χ3v) is 7.37. The first-order valence-electron chi connectivity index (χ1n) is 11.4. The second kappa shape index (κ2) is 9.52. The van der Waals surface area contributed by atoms with Gasteiger partial charge in [0.25, 0.3) is 5.91 Å². The first-order valence-corrected chi connectivity index (χ1v) is 11.7. The van der Waals surface area contributed by atoms with E-state index in [4.69, 9.17) is 21.1 Å². The molecule has 2 bridgehead atoms. The number of aliphatic hydroxyl groups is 1. The lowest BCUT2D eigenvalue weighted by Crippen LogP contribution is -2.58. The molecule has 34 heavy (non-hydrogen) atoms. The molecule has 182 valence electrons. The van der Waals surface area contributed by atoms with Gasteiger partial charge in [0.05, 0.1) is 41.3 Å². The van der Waals surface area contributed by atoms with Gasteiger partial charge in [0.2, 0.25) is 5.91 Å². The van der Waals surface area contributed by atoms with Gasteiger partial charge in [-0.15, -0.1) is 6.58 Å². The standard InChI is InChI=1S/C25H29ClN2O6/c1-4-12-27(17-9-7-6-8-16(17)26)23(31)21-25-11-10-18(34-25)19(24(32)33-13-5-2)20(25)22(30)28(21)15(3)14-29/h4-9,15,18-21,29H,1-2,10-14H2,3H3/t15-,18+,19-,20+,21?,25?/m1/s1. The highest BCUT2D eigenvalue weighted by Crippen LogP contribution is 2.59. The predicted octanol–water partition coefficient (Wildman–Crippen LogP) is 2.34. The van der Waals surface area contributed by atoms with Crippen LogP contribution < -0.4 is 4.90 Å². The summed E-state index contributed by atoms with van der Waals surface area (Å²) in [6.07, 6.45) is 3.49. The highest BCUT2D eigenvalue weighted by Gasteiger charge is 2.75. The fourth-order valence-electron chi connectivity index (χ4n) is 5.69. The summed E-state index contributed by atoms with van der Waals surface area (Å²) in [5, 5.41) is 10.3. The van der Waals surface area contributed by atoms with E-state index in [1.165, 1.54) is 15.9 Å². The molecular formula is C25H29ClN2O6. The third kappa shape index (κ3) is 3.65. The summed E-state index contributed by atoms with van der Waals surface area (Å²) in [5.74, 6) is -3.02. The number of aliphatic hydroxyl groups excluding tert-OH is 1. The average Bonchev–Trinajstić information content (AvgIpc) is 3.48. The van der Waals surface area contributed by atoms with E-state index >= 15 is 0 Å². The van der Waals surface area contributed by atoms with Crippen LogP contribution in [0.5, 0.6) is 0 Å². The monoisotopic (exact) mass is 488 g/mol. The Labute approximate surface area is 203 Å². The zero-order valence-corrected chi connectivity index (χ0v) is 19.8. The number of anilines is 1. The Kier molecular flexibility index (Phi) is 6.85. The molecule has 1 N–H and O–H groups in total. The quantitative estimate of drug-likeness (QED) is 0.423. The van der Waals surface area contributed by atoms with Crippen LogP contribution >= 0.6 is 11.6 Å². The number of amides is 2. The van der Waals surface area contributed by atoms with Crippen molar-refractivity contribution in [3.63, 3.8) is 0 Å². The molecule has 3 heterocycles. The Morgan fingerprint density at radius 1 is 1.38 bits per heavy atom. The molecule has 0 radical (unpaired) electrons. The van der Waals surface area contributed by atoms with Crippen LogP contribution in [-0.4, -0.2) is 71.3 Å².